The average molecular weight is 404 g/mol. The summed E-state index contributed by atoms with van der Waals surface area (Å²) in [5.41, 5.74) is 2.30. The molecule has 1 N–H and O–H groups in total. The number of carbonyl (C=O) groups excluding carboxylic acids is 1. The van der Waals surface area contributed by atoms with E-state index in [1.165, 1.54) is 0 Å². The molecule has 3 aromatic rings. The van der Waals surface area contributed by atoms with Crippen LogP contribution in [0.5, 0.6) is 5.75 Å². The first-order valence-electron chi connectivity index (χ1n) is 10.1. The molecule has 1 aliphatic heterocycles. The third-order valence-electron chi connectivity index (χ3n) is 5.71. The van der Waals surface area contributed by atoms with Crippen LogP contribution in [-0.4, -0.2) is 27.7 Å². The summed E-state index contributed by atoms with van der Waals surface area (Å²) < 4.78 is 13.2. The number of nitrogens with one attached hydrogen (secondary N) is 1. The number of furan rings is 1. The topological polar surface area (TPSA) is 82.2 Å². The largest absolute Gasteiger partial charge is 0.496 e. The zero-order valence-electron chi connectivity index (χ0n) is 17.5. The van der Waals surface area contributed by atoms with Gasteiger partial charge in [-0.15, -0.1) is 5.10 Å². The molecule has 1 aromatic carbocycles. The van der Waals surface area contributed by atoms with Gasteiger partial charge in [0.2, 0.25) is 5.95 Å². The fourth-order valence-corrected chi connectivity index (χ4v) is 4.42. The van der Waals surface area contributed by atoms with Gasteiger partial charge >= 0.3 is 0 Å². The SMILES string of the molecule is COc1ccccc1-c1nc2n(n1)C(c1ccc(C)o1)C1=C(CC(C)(C)CC1=O)N2. The lowest BCUT2D eigenvalue weighted by Gasteiger charge is -2.37. The number of benzene rings is 1. The number of ether oxygens (including phenoxy) is 1. The summed E-state index contributed by atoms with van der Waals surface area (Å²) in [6.07, 6.45) is 1.26. The van der Waals surface area contributed by atoms with Gasteiger partial charge in [0.05, 0.1) is 12.7 Å². The van der Waals surface area contributed by atoms with Crippen molar-refractivity contribution in [3.63, 3.8) is 0 Å². The van der Waals surface area contributed by atoms with Crippen LogP contribution < -0.4 is 10.1 Å². The minimum atomic E-state index is -0.440. The van der Waals surface area contributed by atoms with E-state index in [0.29, 0.717) is 35.3 Å². The molecule has 5 rings (SSSR count). The summed E-state index contributed by atoms with van der Waals surface area (Å²) in [5.74, 6) is 3.43. The molecule has 30 heavy (non-hydrogen) atoms. The van der Waals surface area contributed by atoms with E-state index in [4.69, 9.17) is 19.2 Å². The number of para-hydroxylation sites is 1. The Bertz CT molecular complexity index is 1180. The molecular formula is C23H24N4O3. The maximum atomic E-state index is 13.2. The number of carbonyl (C=O) groups is 1. The standard InChI is InChI=1S/C23H24N4O3/c1-13-9-10-18(30-13)20-19-15(11-23(2,3)12-16(19)28)24-22-25-21(26-27(20)22)14-7-5-6-8-17(14)29-4/h5-10,20H,11-12H2,1-4H3,(H,24,25,26). The van der Waals surface area contributed by atoms with Gasteiger partial charge < -0.3 is 14.5 Å². The minimum absolute atomic E-state index is 0.111. The highest BCUT2D eigenvalue weighted by molar-refractivity contribution is 6.00. The molecule has 2 aliphatic rings. The van der Waals surface area contributed by atoms with Crippen LogP contribution in [0.1, 0.15) is 44.3 Å². The van der Waals surface area contributed by atoms with Gasteiger partial charge in [-0.3, -0.25) is 4.79 Å². The normalized spacial score (nSPS) is 19.9. The van der Waals surface area contributed by atoms with Crippen LogP contribution in [-0.2, 0) is 4.79 Å². The second-order valence-corrected chi connectivity index (χ2v) is 8.71. The number of aromatic nitrogens is 3. The van der Waals surface area contributed by atoms with Crippen LogP contribution in [0.2, 0.25) is 0 Å². The lowest BCUT2D eigenvalue weighted by Crippen LogP contribution is -2.36. The Labute approximate surface area is 174 Å². The summed E-state index contributed by atoms with van der Waals surface area (Å²) in [5, 5.41) is 8.16. The highest BCUT2D eigenvalue weighted by Crippen LogP contribution is 2.46. The third-order valence-corrected chi connectivity index (χ3v) is 5.71. The van der Waals surface area contributed by atoms with Crippen LogP contribution in [0.3, 0.4) is 0 Å². The van der Waals surface area contributed by atoms with Gasteiger partial charge in [0.25, 0.3) is 0 Å². The van der Waals surface area contributed by atoms with Crippen molar-refractivity contribution in [3.8, 4) is 17.1 Å². The Kier molecular flexibility index (Phi) is 4.10. The van der Waals surface area contributed by atoms with Crippen molar-refractivity contribution >= 4 is 11.7 Å². The number of allylic oxidation sites excluding steroid dienone is 2. The van der Waals surface area contributed by atoms with E-state index in [0.717, 1.165) is 23.4 Å². The number of Topliss-reactive ketones (excluding diaryl/α,β-unsaturated/α-hetero) is 1. The zero-order chi connectivity index (χ0) is 21.0. The molecule has 0 fully saturated rings. The molecule has 1 atom stereocenters. The highest BCUT2D eigenvalue weighted by atomic mass is 16.5. The van der Waals surface area contributed by atoms with Gasteiger partial charge in [-0.05, 0) is 43.0 Å². The number of fused-ring (bicyclic) bond motifs is 1. The van der Waals surface area contributed by atoms with Gasteiger partial charge in [0, 0.05) is 17.7 Å². The maximum absolute atomic E-state index is 13.2. The molecule has 7 heteroatoms. The summed E-state index contributed by atoms with van der Waals surface area (Å²) in [6.45, 7) is 6.12. The van der Waals surface area contributed by atoms with E-state index in [-0.39, 0.29) is 11.2 Å². The van der Waals surface area contributed by atoms with E-state index < -0.39 is 6.04 Å². The van der Waals surface area contributed by atoms with Crippen LogP contribution >= 0.6 is 0 Å². The first-order chi connectivity index (χ1) is 14.4. The second kappa shape index (κ2) is 6.58. The smallest absolute Gasteiger partial charge is 0.227 e. The van der Waals surface area contributed by atoms with Gasteiger partial charge in [-0.25, -0.2) is 4.68 Å². The average Bonchev–Trinajstić information content (AvgIpc) is 3.31. The zero-order valence-corrected chi connectivity index (χ0v) is 17.5. The molecule has 1 aliphatic carbocycles. The first-order valence-corrected chi connectivity index (χ1v) is 10.1. The van der Waals surface area contributed by atoms with Crippen molar-refractivity contribution in [2.75, 3.05) is 12.4 Å². The molecule has 2 aromatic heterocycles. The van der Waals surface area contributed by atoms with Crippen LogP contribution in [0.4, 0.5) is 5.95 Å². The molecule has 3 heterocycles. The molecule has 0 radical (unpaired) electrons. The van der Waals surface area contributed by atoms with E-state index in [2.05, 4.69) is 19.2 Å². The number of ketones is 1. The Hall–Kier alpha value is -3.35. The molecule has 0 bridgehead atoms. The van der Waals surface area contributed by atoms with Crippen molar-refractivity contribution in [2.45, 2.75) is 39.7 Å². The Morgan fingerprint density at radius 2 is 2.00 bits per heavy atom. The van der Waals surface area contributed by atoms with Crippen LogP contribution in [0.25, 0.3) is 11.4 Å². The molecule has 0 amide bonds. The van der Waals surface area contributed by atoms with E-state index in [1.807, 2.05) is 43.3 Å². The van der Waals surface area contributed by atoms with Crippen molar-refractivity contribution < 1.29 is 13.9 Å². The number of hydrogen-bond donors (Lipinski definition) is 1. The quantitative estimate of drug-likeness (QED) is 0.691. The van der Waals surface area contributed by atoms with Gasteiger partial charge in [-0.1, -0.05) is 26.0 Å². The number of anilines is 1. The highest BCUT2D eigenvalue weighted by Gasteiger charge is 2.43. The van der Waals surface area contributed by atoms with Crippen LogP contribution in [0.15, 0.2) is 52.1 Å². The Morgan fingerprint density at radius 1 is 1.20 bits per heavy atom. The van der Waals surface area contributed by atoms with Crippen molar-refractivity contribution in [3.05, 3.63) is 59.2 Å². The fourth-order valence-electron chi connectivity index (χ4n) is 4.42. The third kappa shape index (κ3) is 2.93. The number of methoxy groups -OCH3 is 1. The summed E-state index contributed by atoms with van der Waals surface area (Å²) in [6, 6.07) is 11.0. The second-order valence-electron chi connectivity index (χ2n) is 8.71. The Morgan fingerprint density at radius 3 is 2.73 bits per heavy atom. The number of rotatable bonds is 3. The number of aryl methyl sites for hydroxylation is 1. The molecule has 7 nitrogen and oxygen atoms in total. The van der Waals surface area contributed by atoms with Crippen molar-refractivity contribution in [1.82, 2.24) is 14.8 Å². The van der Waals surface area contributed by atoms with E-state index in [1.54, 1.807) is 11.8 Å². The first kappa shape index (κ1) is 18.7. The molecule has 154 valence electrons. The summed E-state index contributed by atoms with van der Waals surface area (Å²) >= 11 is 0. The van der Waals surface area contributed by atoms with Crippen molar-refractivity contribution in [1.29, 1.82) is 0 Å². The van der Waals surface area contributed by atoms with Crippen molar-refractivity contribution in [2.24, 2.45) is 5.41 Å². The van der Waals surface area contributed by atoms with E-state index >= 15 is 0 Å². The monoisotopic (exact) mass is 404 g/mol. The number of nitrogens with zero attached hydrogens (tertiary/aromatic N) is 3. The lowest BCUT2D eigenvalue weighted by atomic mass is 9.73. The van der Waals surface area contributed by atoms with Gasteiger partial charge in [0.15, 0.2) is 11.6 Å². The predicted octanol–water partition coefficient (Wildman–Crippen LogP) is 4.51. The van der Waals surface area contributed by atoms with E-state index in [9.17, 15) is 4.79 Å². The minimum Gasteiger partial charge on any atom is -0.496 e. The molecule has 0 saturated carbocycles. The van der Waals surface area contributed by atoms with Gasteiger partial charge in [-0.2, -0.15) is 4.98 Å². The summed E-state index contributed by atoms with van der Waals surface area (Å²) in [7, 11) is 1.63. The maximum Gasteiger partial charge on any atom is 0.227 e. The van der Waals surface area contributed by atoms with Crippen LogP contribution in [0, 0.1) is 12.3 Å². The lowest BCUT2D eigenvalue weighted by molar-refractivity contribution is -0.118. The van der Waals surface area contributed by atoms with Gasteiger partial charge in [0.1, 0.15) is 23.3 Å². The molecule has 0 spiro atoms. The Balaban J connectivity index is 1.69. The molecule has 0 saturated heterocycles. The predicted molar refractivity (Wildman–Crippen MR) is 112 cm³/mol. The number of hydrogen-bond acceptors (Lipinski definition) is 6. The fraction of sp³-hybridized carbons (Fsp3) is 0.348. The summed E-state index contributed by atoms with van der Waals surface area (Å²) in [4.78, 5) is 18.0. The molecular weight excluding hydrogens is 380 g/mol. The molecule has 1 unspecified atom stereocenters.